The van der Waals surface area contributed by atoms with Crippen LogP contribution >= 0.6 is 11.6 Å². The van der Waals surface area contributed by atoms with E-state index in [0.717, 1.165) is 38.3 Å². The predicted molar refractivity (Wildman–Crippen MR) is 111 cm³/mol. The van der Waals surface area contributed by atoms with Gasteiger partial charge in [0, 0.05) is 49.5 Å². The highest BCUT2D eigenvalue weighted by atomic mass is 35.5. The molecule has 1 saturated heterocycles. The molecule has 1 fully saturated rings. The van der Waals surface area contributed by atoms with Gasteiger partial charge in [-0.15, -0.1) is 0 Å². The quantitative estimate of drug-likeness (QED) is 0.800. The van der Waals surface area contributed by atoms with E-state index in [2.05, 4.69) is 51.7 Å². The molecule has 6 heteroatoms. The van der Waals surface area contributed by atoms with Crippen molar-refractivity contribution in [2.45, 2.75) is 12.5 Å². The summed E-state index contributed by atoms with van der Waals surface area (Å²) >= 11 is 5.89. The molecule has 0 aromatic heterocycles. The summed E-state index contributed by atoms with van der Waals surface area (Å²) in [6.07, 6.45) is 0.922. The Balaban J connectivity index is 1.58. The Kier molecular flexibility index (Phi) is 7.10. The van der Waals surface area contributed by atoms with Crippen LogP contribution in [0.15, 0.2) is 54.6 Å². The molecule has 0 aliphatic carbocycles. The van der Waals surface area contributed by atoms with Crippen LogP contribution in [0.1, 0.15) is 5.56 Å². The van der Waals surface area contributed by atoms with Crippen molar-refractivity contribution in [1.29, 1.82) is 0 Å². The first-order chi connectivity index (χ1) is 13.1. The lowest BCUT2D eigenvalue weighted by Gasteiger charge is -2.38. The third-order valence-electron chi connectivity index (χ3n) is 4.97. The van der Waals surface area contributed by atoms with Crippen LogP contribution in [0, 0.1) is 0 Å². The van der Waals surface area contributed by atoms with Gasteiger partial charge in [-0.3, -0.25) is 4.90 Å². The molecule has 2 aromatic carbocycles. The van der Waals surface area contributed by atoms with Gasteiger partial charge in [0.25, 0.3) is 0 Å². The number of hydrogen-bond acceptors (Lipinski definition) is 3. The number of rotatable bonds is 6. The summed E-state index contributed by atoms with van der Waals surface area (Å²) in [5.74, 6) is 0. The predicted octanol–water partition coefficient (Wildman–Crippen LogP) is 3.32. The molecule has 0 saturated carbocycles. The first kappa shape index (κ1) is 19.7. The van der Waals surface area contributed by atoms with E-state index < -0.39 is 0 Å². The molecule has 144 valence electrons. The molecule has 2 aromatic rings. The minimum absolute atomic E-state index is 0.190. The molecule has 2 N–H and O–H groups in total. The Bertz CT molecular complexity index is 715. The molecule has 0 radical (unpaired) electrons. The number of nitrogens with zero attached hydrogens (tertiary/aromatic N) is 2. The molecule has 1 unspecified atom stereocenters. The van der Waals surface area contributed by atoms with Crippen LogP contribution in [0.4, 0.5) is 10.5 Å². The average Bonchev–Trinajstić information content (AvgIpc) is 2.68. The van der Waals surface area contributed by atoms with Gasteiger partial charge in [-0.2, -0.15) is 0 Å². The second kappa shape index (κ2) is 9.74. The summed E-state index contributed by atoms with van der Waals surface area (Å²) in [6.45, 7) is 4.77. The molecule has 0 spiro atoms. The number of anilines is 1. The fourth-order valence-corrected chi connectivity index (χ4v) is 3.45. The minimum Gasteiger partial charge on any atom is -0.336 e. The number of likely N-dealkylation sites (N-methyl/N-ethyl adjacent to an activating group) is 1. The fraction of sp³-hybridized carbons (Fsp3) is 0.381. The first-order valence-electron chi connectivity index (χ1n) is 9.37. The molecule has 5 nitrogen and oxygen atoms in total. The van der Waals surface area contributed by atoms with Crippen molar-refractivity contribution in [1.82, 2.24) is 15.1 Å². The number of carbonyl (C=O) groups excluding carboxylic acids is 1. The summed E-state index contributed by atoms with van der Waals surface area (Å²) in [5.41, 5.74) is 2.03. The summed E-state index contributed by atoms with van der Waals surface area (Å²) in [7, 11) is 2.15. The molecule has 27 heavy (non-hydrogen) atoms. The molecule has 1 aliphatic heterocycles. The number of nitrogens with one attached hydrogen (secondary N) is 2. The fourth-order valence-electron chi connectivity index (χ4n) is 3.32. The molecule has 3 rings (SSSR count). The minimum atomic E-state index is -0.190. The number of carbonyl (C=O) groups is 1. The number of hydrogen-bond donors (Lipinski definition) is 2. The molecule has 0 bridgehead atoms. The van der Waals surface area contributed by atoms with Gasteiger partial charge in [-0.1, -0.05) is 41.9 Å². The Morgan fingerprint density at radius 1 is 1.04 bits per heavy atom. The maximum atomic E-state index is 12.3. The topological polar surface area (TPSA) is 47.6 Å². The number of benzene rings is 2. The zero-order chi connectivity index (χ0) is 19.1. The smallest absolute Gasteiger partial charge is 0.319 e. The van der Waals surface area contributed by atoms with Crippen LogP contribution < -0.4 is 10.6 Å². The van der Waals surface area contributed by atoms with Gasteiger partial charge in [0.05, 0.1) is 0 Å². The van der Waals surface area contributed by atoms with Crippen LogP contribution in [0.5, 0.6) is 0 Å². The highest BCUT2D eigenvalue weighted by molar-refractivity contribution is 6.30. The lowest BCUT2D eigenvalue weighted by molar-refractivity contribution is 0.111. The Morgan fingerprint density at radius 3 is 2.37 bits per heavy atom. The number of halogens is 1. The van der Waals surface area contributed by atoms with Gasteiger partial charge in [0.15, 0.2) is 0 Å². The first-order valence-corrected chi connectivity index (χ1v) is 9.75. The van der Waals surface area contributed by atoms with Crippen LogP contribution in [-0.4, -0.2) is 61.6 Å². The Hall–Kier alpha value is -2.08. The summed E-state index contributed by atoms with van der Waals surface area (Å²) in [5, 5.41) is 6.55. The SMILES string of the molecule is CN1CCN(C(CNC(=O)Nc2ccc(Cl)cc2)Cc2ccccc2)CC1. The second-order valence-corrected chi connectivity index (χ2v) is 7.46. The monoisotopic (exact) mass is 386 g/mol. The zero-order valence-electron chi connectivity index (χ0n) is 15.7. The standard InChI is InChI=1S/C21H27ClN4O/c1-25-11-13-26(14-12-25)20(15-17-5-3-2-4-6-17)16-23-21(27)24-19-9-7-18(22)8-10-19/h2-10,20H,11-16H2,1H3,(H2,23,24,27). The van der Waals surface area contributed by atoms with Crippen molar-refractivity contribution in [3.05, 3.63) is 65.2 Å². The average molecular weight is 387 g/mol. The van der Waals surface area contributed by atoms with Crippen molar-refractivity contribution in [3.8, 4) is 0 Å². The maximum absolute atomic E-state index is 12.3. The summed E-state index contributed by atoms with van der Waals surface area (Å²) in [6, 6.07) is 17.7. The van der Waals surface area contributed by atoms with Gasteiger partial charge in [0.1, 0.15) is 0 Å². The highest BCUT2D eigenvalue weighted by Gasteiger charge is 2.23. The van der Waals surface area contributed by atoms with E-state index in [4.69, 9.17) is 11.6 Å². The van der Waals surface area contributed by atoms with Crippen LogP contribution in [0.2, 0.25) is 5.02 Å². The Morgan fingerprint density at radius 2 is 1.70 bits per heavy atom. The van der Waals surface area contributed by atoms with E-state index >= 15 is 0 Å². The second-order valence-electron chi connectivity index (χ2n) is 7.02. The third kappa shape index (κ3) is 6.24. The van der Waals surface area contributed by atoms with E-state index in [0.29, 0.717) is 11.6 Å². The van der Waals surface area contributed by atoms with Crippen molar-refractivity contribution < 1.29 is 4.79 Å². The van der Waals surface area contributed by atoms with Crippen LogP contribution in [0.3, 0.4) is 0 Å². The number of piperazine rings is 1. The normalized spacial score (nSPS) is 16.7. The van der Waals surface area contributed by atoms with Gasteiger partial charge < -0.3 is 15.5 Å². The van der Waals surface area contributed by atoms with E-state index in [-0.39, 0.29) is 12.1 Å². The van der Waals surface area contributed by atoms with Crippen molar-refractivity contribution in [2.24, 2.45) is 0 Å². The largest absolute Gasteiger partial charge is 0.336 e. The molecule has 1 atom stereocenters. The van der Waals surface area contributed by atoms with Crippen LogP contribution in [0.25, 0.3) is 0 Å². The van der Waals surface area contributed by atoms with Gasteiger partial charge >= 0.3 is 6.03 Å². The van der Waals surface area contributed by atoms with Crippen molar-refractivity contribution >= 4 is 23.3 Å². The van der Waals surface area contributed by atoms with Gasteiger partial charge in [0.2, 0.25) is 0 Å². The van der Waals surface area contributed by atoms with Gasteiger partial charge in [-0.25, -0.2) is 4.79 Å². The Labute approximate surface area is 166 Å². The number of urea groups is 1. The molecular formula is C21H27ClN4O. The summed E-state index contributed by atoms with van der Waals surface area (Å²) in [4.78, 5) is 17.1. The number of amides is 2. The lowest BCUT2D eigenvalue weighted by Crippen LogP contribution is -2.53. The van der Waals surface area contributed by atoms with E-state index in [1.807, 2.05) is 6.07 Å². The van der Waals surface area contributed by atoms with Crippen LogP contribution in [-0.2, 0) is 6.42 Å². The molecule has 2 amide bonds. The van der Waals surface area contributed by atoms with E-state index in [1.165, 1.54) is 5.56 Å². The molecule has 1 aliphatic rings. The van der Waals surface area contributed by atoms with Crippen molar-refractivity contribution in [3.63, 3.8) is 0 Å². The van der Waals surface area contributed by atoms with Gasteiger partial charge in [-0.05, 0) is 43.3 Å². The highest BCUT2D eigenvalue weighted by Crippen LogP contribution is 2.14. The molecular weight excluding hydrogens is 360 g/mol. The van der Waals surface area contributed by atoms with E-state index in [1.54, 1.807) is 24.3 Å². The maximum Gasteiger partial charge on any atom is 0.319 e. The van der Waals surface area contributed by atoms with E-state index in [9.17, 15) is 4.79 Å². The lowest BCUT2D eigenvalue weighted by atomic mass is 10.0. The zero-order valence-corrected chi connectivity index (χ0v) is 16.5. The third-order valence-corrected chi connectivity index (χ3v) is 5.22. The van der Waals surface area contributed by atoms with Crippen molar-refractivity contribution in [2.75, 3.05) is 45.1 Å². The summed E-state index contributed by atoms with van der Waals surface area (Å²) < 4.78 is 0. The molecule has 1 heterocycles.